The minimum Gasteiger partial charge on any atom is -0.423 e. The van der Waals surface area contributed by atoms with E-state index in [4.69, 9.17) is 4.42 Å². The topological polar surface area (TPSA) is 101 Å². The fourth-order valence-corrected chi connectivity index (χ4v) is 1.44. The molecule has 0 atom stereocenters. The molecular formula is C10H14N6O2. The van der Waals surface area contributed by atoms with E-state index >= 15 is 0 Å². The van der Waals surface area contributed by atoms with Crippen molar-refractivity contribution in [2.24, 2.45) is 0 Å². The molecule has 0 spiro atoms. The number of carbonyl (C=O) groups is 1. The number of hydrogen-bond acceptors (Lipinski definition) is 6. The van der Waals surface area contributed by atoms with Gasteiger partial charge in [-0.1, -0.05) is 6.92 Å². The normalized spacial score (nSPS) is 10.6. The maximum atomic E-state index is 12.0. The van der Waals surface area contributed by atoms with Gasteiger partial charge in [0.15, 0.2) is 0 Å². The summed E-state index contributed by atoms with van der Waals surface area (Å²) in [5.41, 5.74) is 0. The van der Waals surface area contributed by atoms with Gasteiger partial charge < -0.3 is 9.32 Å². The van der Waals surface area contributed by atoms with Gasteiger partial charge in [0.1, 0.15) is 6.33 Å². The second-order valence-electron chi connectivity index (χ2n) is 3.60. The molecule has 0 aliphatic rings. The molecule has 2 rings (SSSR count). The van der Waals surface area contributed by atoms with Crippen LogP contribution in [-0.2, 0) is 13.0 Å². The van der Waals surface area contributed by atoms with Gasteiger partial charge in [-0.2, -0.15) is 5.10 Å². The van der Waals surface area contributed by atoms with Crippen LogP contribution in [0.4, 0.5) is 0 Å². The van der Waals surface area contributed by atoms with Gasteiger partial charge in [0, 0.05) is 13.0 Å². The molecule has 0 saturated heterocycles. The highest BCUT2D eigenvalue weighted by atomic mass is 16.4. The summed E-state index contributed by atoms with van der Waals surface area (Å²) < 4.78 is 5.37. The third kappa shape index (κ3) is 2.53. The van der Waals surface area contributed by atoms with Crippen molar-refractivity contribution in [2.45, 2.75) is 26.8 Å². The minimum absolute atomic E-state index is 0.201. The Morgan fingerprint density at radius 1 is 1.39 bits per heavy atom. The second-order valence-corrected chi connectivity index (χ2v) is 3.60. The first-order chi connectivity index (χ1) is 8.74. The molecule has 1 N–H and O–H groups in total. The van der Waals surface area contributed by atoms with Gasteiger partial charge in [-0.05, 0) is 6.92 Å². The van der Waals surface area contributed by atoms with Crippen molar-refractivity contribution in [3.63, 3.8) is 0 Å². The van der Waals surface area contributed by atoms with E-state index < -0.39 is 0 Å². The number of rotatable bonds is 5. The van der Waals surface area contributed by atoms with Crippen LogP contribution in [0.25, 0.3) is 0 Å². The number of amides is 1. The molecule has 1 amide bonds. The molecule has 18 heavy (non-hydrogen) atoms. The fourth-order valence-electron chi connectivity index (χ4n) is 1.44. The quantitative estimate of drug-likeness (QED) is 0.824. The summed E-state index contributed by atoms with van der Waals surface area (Å²) >= 11 is 0. The highest BCUT2D eigenvalue weighted by molar-refractivity contribution is 5.90. The van der Waals surface area contributed by atoms with Crippen LogP contribution >= 0.6 is 0 Å². The first-order valence-electron chi connectivity index (χ1n) is 5.70. The summed E-state index contributed by atoms with van der Waals surface area (Å²) in [7, 11) is 0. The molecular weight excluding hydrogens is 236 g/mol. The Hall–Kier alpha value is -2.25. The predicted molar refractivity (Wildman–Crippen MR) is 60.5 cm³/mol. The van der Waals surface area contributed by atoms with Crippen LogP contribution in [-0.4, -0.2) is 42.7 Å². The zero-order valence-corrected chi connectivity index (χ0v) is 10.3. The largest absolute Gasteiger partial charge is 0.423 e. The summed E-state index contributed by atoms with van der Waals surface area (Å²) in [5, 5.41) is 13.9. The Balaban J connectivity index is 2.07. The van der Waals surface area contributed by atoms with Crippen LogP contribution in [0.1, 0.15) is 36.2 Å². The van der Waals surface area contributed by atoms with Crippen molar-refractivity contribution in [2.75, 3.05) is 6.54 Å². The van der Waals surface area contributed by atoms with Gasteiger partial charge >= 0.3 is 0 Å². The van der Waals surface area contributed by atoms with Crippen LogP contribution in [0.3, 0.4) is 0 Å². The van der Waals surface area contributed by atoms with Crippen LogP contribution in [0.2, 0.25) is 0 Å². The molecule has 0 aromatic carbocycles. The molecule has 2 aromatic rings. The molecule has 0 fully saturated rings. The maximum Gasteiger partial charge on any atom is 0.291 e. The first kappa shape index (κ1) is 12.2. The Labute approximate surface area is 103 Å². The molecule has 0 unspecified atom stereocenters. The number of aromatic amines is 1. The maximum absolute atomic E-state index is 12.0. The molecule has 8 nitrogen and oxygen atoms in total. The number of nitrogens with one attached hydrogen (secondary N) is 1. The highest BCUT2D eigenvalue weighted by Crippen LogP contribution is 2.07. The van der Waals surface area contributed by atoms with Crippen molar-refractivity contribution >= 4 is 5.91 Å². The van der Waals surface area contributed by atoms with Gasteiger partial charge in [0.05, 0.1) is 6.54 Å². The average Bonchev–Trinajstić information content (AvgIpc) is 3.06. The highest BCUT2D eigenvalue weighted by Gasteiger charge is 2.19. The fraction of sp³-hybridized carbons (Fsp3) is 0.500. The van der Waals surface area contributed by atoms with Crippen LogP contribution in [0.15, 0.2) is 10.7 Å². The van der Waals surface area contributed by atoms with E-state index in [-0.39, 0.29) is 18.3 Å². The van der Waals surface area contributed by atoms with E-state index in [1.807, 2.05) is 13.8 Å². The van der Waals surface area contributed by atoms with Crippen molar-refractivity contribution in [1.82, 2.24) is 30.3 Å². The summed E-state index contributed by atoms with van der Waals surface area (Å²) in [4.78, 5) is 17.4. The monoisotopic (exact) mass is 250 g/mol. The van der Waals surface area contributed by atoms with E-state index in [0.717, 1.165) is 0 Å². The summed E-state index contributed by atoms with van der Waals surface area (Å²) in [6.07, 6.45) is 1.97. The first-order valence-corrected chi connectivity index (χ1v) is 5.70. The Morgan fingerprint density at radius 3 is 2.72 bits per heavy atom. The summed E-state index contributed by atoms with van der Waals surface area (Å²) in [5.74, 6) is 0.938. The SMILES string of the molecule is CCc1nnc(CN(CC)C(=O)c2ncn[nH]2)o1. The lowest BCUT2D eigenvalue weighted by Crippen LogP contribution is -2.31. The van der Waals surface area contributed by atoms with Gasteiger partial charge in [-0.3, -0.25) is 9.89 Å². The molecule has 0 aliphatic heterocycles. The van der Waals surface area contributed by atoms with Gasteiger partial charge in [-0.25, -0.2) is 4.98 Å². The summed E-state index contributed by atoms with van der Waals surface area (Å²) in [6.45, 7) is 4.58. The molecule has 8 heteroatoms. The molecule has 0 bridgehead atoms. The second kappa shape index (κ2) is 5.39. The predicted octanol–water partition coefficient (Wildman–Crippen LogP) is 0.412. The molecule has 2 aromatic heterocycles. The van der Waals surface area contributed by atoms with E-state index in [0.29, 0.717) is 24.7 Å². The number of aryl methyl sites for hydroxylation is 1. The van der Waals surface area contributed by atoms with Crippen LogP contribution in [0, 0.1) is 0 Å². The average molecular weight is 250 g/mol. The molecule has 0 radical (unpaired) electrons. The Morgan fingerprint density at radius 2 is 2.17 bits per heavy atom. The molecule has 2 heterocycles. The van der Waals surface area contributed by atoms with E-state index in [1.165, 1.54) is 6.33 Å². The smallest absolute Gasteiger partial charge is 0.291 e. The van der Waals surface area contributed by atoms with Gasteiger partial charge in [-0.15, -0.1) is 10.2 Å². The van der Waals surface area contributed by atoms with E-state index in [2.05, 4.69) is 25.4 Å². The van der Waals surface area contributed by atoms with Gasteiger partial charge in [0.2, 0.25) is 17.6 Å². The molecule has 0 saturated carbocycles. The van der Waals surface area contributed by atoms with Crippen molar-refractivity contribution in [3.8, 4) is 0 Å². The number of hydrogen-bond donors (Lipinski definition) is 1. The lowest BCUT2D eigenvalue weighted by atomic mass is 10.4. The zero-order chi connectivity index (χ0) is 13.0. The van der Waals surface area contributed by atoms with E-state index in [1.54, 1.807) is 4.90 Å². The number of nitrogens with zero attached hydrogens (tertiary/aromatic N) is 5. The Kier molecular flexibility index (Phi) is 3.66. The third-order valence-corrected chi connectivity index (χ3v) is 2.42. The standard InChI is InChI=1S/C10H14N6O2/c1-3-7-13-14-8(18-7)5-16(4-2)10(17)9-11-6-12-15-9/h6H,3-5H2,1-2H3,(H,11,12,15). The van der Waals surface area contributed by atoms with Crippen LogP contribution < -0.4 is 0 Å². The van der Waals surface area contributed by atoms with Crippen molar-refractivity contribution in [1.29, 1.82) is 0 Å². The molecule has 0 aliphatic carbocycles. The lowest BCUT2D eigenvalue weighted by molar-refractivity contribution is 0.0725. The number of aromatic nitrogens is 5. The molecule has 96 valence electrons. The number of H-pyrrole nitrogens is 1. The third-order valence-electron chi connectivity index (χ3n) is 2.42. The van der Waals surface area contributed by atoms with E-state index in [9.17, 15) is 4.79 Å². The zero-order valence-electron chi connectivity index (χ0n) is 10.3. The van der Waals surface area contributed by atoms with Crippen molar-refractivity contribution in [3.05, 3.63) is 23.9 Å². The van der Waals surface area contributed by atoms with Gasteiger partial charge in [0.25, 0.3) is 5.91 Å². The number of carbonyl (C=O) groups excluding carboxylic acids is 1. The lowest BCUT2D eigenvalue weighted by Gasteiger charge is -2.16. The van der Waals surface area contributed by atoms with Crippen molar-refractivity contribution < 1.29 is 9.21 Å². The van der Waals surface area contributed by atoms with Crippen LogP contribution in [0.5, 0.6) is 0 Å². The minimum atomic E-state index is -0.244. The Bertz CT molecular complexity index is 506. The summed E-state index contributed by atoms with van der Waals surface area (Å²) in [6, 6.07) is 0.